The standard InChI is InChI=1S/C11H13N5O2/c1-15-7-14-11(16(17)18)10(15)13-6-8-2-4-9(12)5-3-8/h2-5,7,13H,6,12H2,1H3. The molecule has 18 heavy (non-hydrogen) atoms. The monoisotopic (exact) mass is 247 g/mol. The number of nitrogens with two attached hydrogens (primary N) is 1. The summed E-state index contributed by atoms with van der Waals surface area (Å²) in [5, 5.41) is 13.8. The van der Waals surface area contributed by atoms with Crippen molar-refractivity contribution in [1.82, 2.24) is 9.55 Å². The van der Waals surface area contributed by atoms with Crippen molar-refractivity contribution in [2.75, 3.05) is 11.1 Å². The van der Waals surface area contributed by atoms with Crippen LogP contribution in [0.3, 0.4) is 0 Å². The van der Waals surface area contributed by atoms with E-state index in [4.69, 9.17) is 5.73 Å². The first kappa shape index (κ1) is 11.9. The quantitative estimate of drug-likeness (QED) is 0.485. The van der Waals surface area contributed by atoms with Crippen LogP contribution in [0, 0.1) is 10.1 Å². The van der Waals surface area contributed by atoms with Crippen molar-refractivity contribution in [2.45, 2.75) is 6.54 Å². The molecule has 0 unspecified atom stereocenters. The maximum absolute atomic E-state index is 10.8. The van der Waals surface area contributed by atoms with Gasteiger partial charge in [0.15, 0.2) is 0 Å². The van der Waals surface area contributed by atoms with Gasteiger partial charge in [0.2, 0.25) is 12.1 Å². The minimum absolute atomic E-state index is 0.173. The number of hydrogen-bond donors (Lipinski definition) is 2. The summed E-state index contributed by atoms with van der Waals surface area (Å²) in [5.74, 6) is 0.213. The maximum atomic E-state index is 10.8. The molecule has 1 aromatic carbocycles. The van der Waals surface area contributed by atoms with Crippen molar-refractivity contribution in [3.8, 4) is 0 Å². The fourth-order valence-corrected chi connectivity index (χ4v) is 1.58. The van der Waals surface area contributed by atoms with Gasteiger partial charge in [0.25, 0.3) is 0 Å². The molecule has 94 valence electrons. The molecular formula is C11H13N5O2. The Morgan fingerprint density at radius 3 is 2.72 bits per heavy atom. The van der Waals surface area contributed by atoms with Gasteiger partial charge < -0.3 is 21.2 Å². The van der Waals surface area contributed by atoms with Gasteiger partial charge >= 0.3 is 5.82 Å². The van der Waals surface area contributed by atoms with E-state index in [2.05, 4.69) is 10.3 Å². The van der Waals surface area contributed by atoms with Crippen molar-refractivity contribution < 1.29 is 4.92 Å². The van der Waals surface area contributed by atoms with Crippen molar-refractivity contribution in [3.63, 3.8) is 0 Å². The summed E-state index contributed by atoms with van der Waals surface area (Å²) in [5.41, 5.74) is 7.25. The van der Waals surface area contributed by atoms with Crippen molar-refractivity contribution in [2.24, 2.45) is 7.05 Å². The van der Waals surface area contributed by atoms with Crippen LogP contribution >= 0.6 is 0 Å². The topological polar surface area (TPSA) is 99.0 Å². The SMILES string of the molecule is Cn1cnc([N+](=O)[O-])c1NCc1ccc(N)cc1. The van der Waals surface area contributed by atoms with Gasteiger partial charge in [0.05, 0.1) is 0 Å². The summed E-state index contributed by atoms with van der Waals surface area (Å²) in [6.45, 7) is 0.473. The zero-order chi connectivity index (χ0) is 13.1. The van der Waals surface area contributed by atoms with Crippen LogP contribution in [0.15, 0.2) is 30.6 Å². The number of aryl methyl sites for hydroxylation is 1. The molecule has 1 heterocycles. The molecule has 7 nitrogen and oxygen atoms in total. The molecule has 2 aromatic rings. The molecule has 0 saturated heterocycles. The minimum atomic E-state index is -0.509. The fraction of sp³-hybridized carbons (Fsp3) is 0.182. The first-order valence-corrected chi connectivity index (χ1v) is 5.32. The van der Waals surface area contributed by atoms with E-state index in [-0.39, 0.29) is 5.82 Å². The lowest BCUT2D eigenvalue weighted by Gasteiger charge is -2.06. The molecule has 3 N–H and O–H groups in total. The Morgan fingerprint density at radius 2 is 2.11 bits per heavy atom. The zero-order valence-corrected chi connectivity index (χ0v) is 9.83. The second kappa shape index (κ2) is 4.74. The first-order chi connectivity index (χ1) is 8.58. The smallest absolute Gasteiger partial charge is 0.399 e. The number of nitrogen functional groups attached to an aromatic ring is 1. The average Bonchev–Trinajstić information content (AvgIpc) is 2.70. The maximum Gasteiger partial charge on any atom is 0.406 e. The first-order valence-electron chi connectivity index (χ1n) is 5.32. The lowest BCUT2D eigenvalue weighted by atomic mass is 10.2. The summed E-state index contributed by atoms with van der Waals surface area (Å²) in [4.78, 5) is 14.0. The highest BCUT2D eigenvalue weighted by molar-refractivity contribution is 5.52. The molecule has 0 saturated carbocycles. The summed E-state index contributed by atoms with van der Waals surface area (Å²) < 4.78 is 1.58. The molecule has 0 fully saturated rings. The van der Waals surface area contributed by atoms with Gasteiger partial charge in [-0.2, -0.15) is 0 Å². The average molecular weight is 247 g/mol. The Labute approximate surface area is 103 Å². The molecule has 0 aliphatic carbocycles. The van der Waals surface area contributed by atoms with Gasteiger partial charge in [-0.25, -0.2) is 0 Å². The third-order valence-electron chi connectivity index (χ3n) is 2.53. The summed E-state index contributed by atoms with van der Waals surface area (Å²) in [7, 11) is 1.70. The molecule has 0 spiro atoms. The van der Waals surface area contributed by atoms with Crippen LogP contribution in [0.1, 0.15) is 5.56 Å². The zero-order valence-electron chi connectivity index (χ0n) is 9.83. The van der Waals surface area contributed by atoms with Gasteiger partial charge in [0.1, 0.15) is 0 Å². The number of imidazole rings is 1. The van der Waals surface area contributed by atoms with E-state index in [0.717, 1.165) is 5.56 Å². The molecule has 7 heteroatoms. The Hall–Kier alpha value is -2.57. The second-order valence-corrected chi connectivity index (χ2v) is 3.88. The molecule has 2 rings (SSSR count). The summed E-state index contributed by atoms with van der Waals surface area (Å²) in [6.07, 6.45) is 1.41. The number of aromatic nitrogens is 2. The Bertz CT molecular complexity index is 561. The van der Waals surface area contributed by atoms with E-state index in [0.29, 0.717) is 18.1 Å². The molecule has 0 aliphatic rings. The molecule has 0 radical (unpaired) electrons. The number of nitro groups is 1. The summed E-state index contributed by atoms with van der Waals surface area (Å²) >= 11 is 0. The van der Waals surface area contributed by atoms with Crippen LogP contribution < -0.4 is 11.1 Å². The van der Waals surface area contributed by atoms with Crippen molar-refractivity contribution in [1.29, 1.82) is 0 Å². The van der Waals surface area contributed by atoms with Gasteiger partial charge in [0, 0.05) is 19.3 Å². The van der Waals surface area contributed by atoms with Crippen LogP contribution in [-0.4, -0.2) is 14.5 Å². The van der Waals surface area contributed by atoms with Crippen LogP contribution in [-0.2, 0) is 13.6 Å². The molecule has 0 amide bonds. The van der Waals surface area contributed by atoms with Crippen molar-refractivity contribution in [3.05, 3.63) is 46.3 Å². The van der Waals surface area contributed by atoms with E-state index < -0.39 is 4.92 Å². The Morgan fingerprint density at radius 1 is 1.44 bits per heavy atom. The number of rotatable bonds is 4. The number of nitrogens with one attached hydrogen (secondary N) is 1. The highest BCUT2D eigenvalue weighted by Crippen LogP contribution is 2.21. The van der Waals surface area contributed by atoms with E-state index >= 15 is 0 Å². The van der Waals surface area contributed by atoms with E-state index in [1.165, 1.54) is 6.33 Å². The van der Waals surface area contributed by atoms with E-state index in [1.807, 2.05) is 12.1 Å². The lowest BCUT2D eigenvalue weighted by molar-refractivity contribution is -0.388. The van der Waals surface area contributed by atoms with Crippen LogP contribution in [0.5, 0.6) is 0 Å². The predicted octanol–water partition coefficient (Wildman–Crippen LogP) is 1.52. The predicted molar refractivity (Wildman–Crippen MR) is 68.0 cm³/mol. The van der Waals surface area contributed by atoms with Crippen LogP contribution in [0.2, 0.25) is 0 Å². The normalized spacial score (nSPS) is 10.3. The minimum Gasteiger partial charge on any atom is -0.399 e. The fourth-order valence-electron chi connectivity index (χ4n) is 1.58. The Balaban J connectivity index is 2.12. The highest BCUT2D eigenvalue weighted by atomic mass is 16.6. The lowest BCUT2D eigenvalue weighted by Crippen LogP contribution is -2.05. The largest absolute Gasteiger partial charge is 0.406 e. The third kappa shape index (κ3) is 2.40. The van der Waals surface area contributed by atoms with Crippen LogP contribution in [0.25, 0.3) is 0 Å². The number of nitrogens with zero attached hydrogens (tertiary/aromatic N) is 3. The van der Waals surface area contributed by atoms with E-state index in [9.17, 15) is 10.1 Å². The second-order valence-electron chi connectivity index (χ2n) is 3.88. The molecule has 0 aliphatic heterocycles. The van der Waals surface area contributed by atoms with Crippen LogP contribution in [0.4, 0.5) is 17.3 Å². The molecular weight excluding hydrogens is 234 g/mol. The third-order valence-corrected chi connectivity index (χ3v) is 2.53. The van der Waals surface area contributed by atoms with Crippen molar-refractivity contribution >= 4 is 17.3 Å². The Kier molecular flexibility index (Phi) is 3.13. The number of anilines is 2. The number of benzene rings is 1. The molecule has 1 aromatic heterocycles. The summed E-state index contributed by atoms with van der Waals surface area (Å²) in [6, 6.07) is 7.30. The van der Waals surface area contributed by atoms with Gasteiger partial charge in [-0.15, -0.1) is 0 Å². The van der Waals surface area contributed by atoms with Gasteiger partial charge in [-0.3, -0.25) is 4.57 Å². The number of hydrogen-bond acceptors (Lipinski definition) is 5. The highest BCUT2D eigenvalue weighted by Gasteiger charge is 2.19. The van der Waals surface area contributed by atoms with Gasteiger partial charge in [-0.1, -0.05) is 12.1 Å². The van der Waals surface area contributed by atoms with E-state index in [1.54, 1.807) is 23.7 Å². The molecule has 0 atom stereocenters. The molecule has 0 bridgehead atoms. The van der Waals surface area contributed by atoms with Gasteiger partial charge in [-0.05, 0) is 27.6 Å².